The fraction of sp³-hybridized carbons (Fsp3) is 0.0556. The van der Waals surface area contributed by atoms with Crippen molar-refractivity contribution in [2.45, 2.75) is 6.92 Å². The molecule has 3 aromatic rings. The van der Waals surface area contributed by atoms with Gasteiger partial charge in [0, 0.05) is 23.8 Å². The van der Waals surface area contributed by atoms with Crippen LogP contribution in [-0.2, 0) is 0 Å². The first-order valence-corrected chi connectivity index (χ1v) is 7.75. The summed E-state index contributed by atoms with van der Waals surface area (Å²) in [6, 6.07) is 16.8. The molecular weight excluding hydrogens is 334 g/mol. The second-order valence-electron chi connectivity index (χ2n) is 5.46. The number of hydrazone groups is 1. The first-order valence-electron chi connectivity index (χ1n) is 7.75. The van der Waals surface area contributed by atoms with Crippen LogP contribution in [0.4, 0.5) is 11.6 Å². The first kappa shape index (κ1) is 17.0. The maximum absolute atomic E-state index is 11.9. The van der Waals surface area contributed by atoms with Crippen LogP contribution in [0.5, 0.6) is 0 Å². The molecule has 0 aliphatic heterocycles. The van der Waals surface area contributed by atoms with Crippen molar-refractivity contribution in [2.24, 2.45) is 5.10 Å². The summed E-state index contributed by atoms with van der Waals surface area (Å²) in [5.74, 6) is 0.206. The normalized spacial score (nSPS) is 11.2. The molecule has 0 saturated carbocycles. The first-order chi connectivity index (χ1) is 12.5. The second-order valence-corrected chi connectivity index (χ2v) is 5.46. The van der Waals surface area contributed by atoms with Crippen molar-refractivity contribution < 1.29 is 4.92 Å². The Balaban J connectivity index is 1.82. The number of nitro benzene ring substituents is 1. The fourth-order valence-corrected chi connectivity index (χ4v) is 2.29. The molecule has 1 aromatic heterocycles. The molecule has 0 spiro atoms. The summed E-state index contributed by atoms with van der Waals surface area (Å²) >= 11 is 0. The minimum Gasteiger partial charge on any atom is -0.291 e. The smallest absolute Gasteiger partial charge is 0.269 e. The number of aromatic nitrogens is 2. The number of anilines is 1. The fourth-order valence-electron chi connectivity index (χ4n) is 2.29. The molecule has 1 heterocycles. The highest BCUT2D eigenvalue weighted by Crippen LogP contribution is 2.16. The number of rotatable bonds is 5. The van der Waals surface area contributed by atoms with E-state index in [9.17, 15) is 14.9 Å². The lowest BCUT2D eigenvalue weighted by Crippen LogP contribution is -2.11. The van der Waals surface area contributed by atoms with Crippen molar-refractivity contribution in [1.82, 2.24) is 9.97 Å². The van der Waals surface area contributed by atoms with Crippen molar-refractivity contribution >= 4 is 17.3 Å². The number of hydrogen-bond donors (Lipinski definition) is 2. The Hall–Kier alpha value is -3.81. The van der Waals surface area contributed by atoms with Gasteiger partial charge in [0.2, 0.25) is 5.95 Å². The van der Waals surface area contributed by atoms with Crippen molar-refractivity contribution in [1.29, 1.82) is 0 Å². The van der Waals surface area contributed by atoms with Crippen molar-refractivity contribution in [3.05, 3.63) is 86.7 Å². The van der Waals surface area contributed by atoms with Gasteiger partial charge in [-0.15, -0.1) is 0 Å². The third-order valence-corrected chi connectivity index (χ3v) is 3.64. The van der Waals surface area contributed by atoms with Crippen LogP contribution in [0.15, 0.2) is 70.6 Å². The Morgan fingerprint density at radius 2 is 1.85 bits per heavy atom. The average Bonchev–Trinajstić information content (AvgIpc) is 2.66. The molecule has 0 radical (unpaired) electrons. The van der Waals surface area contributed by atoms with Crippen LogP contribution in [-0.4, -0.2) is 20.6 Å². The van der Waals surface area contributed by atoms with Gasteiger partial charge in [0.05, 0.1) is 16.3 Å². The molecular formula is C18H15N5O3. The third kappa shape index (κ3) is 3.99. The molecule has 3 rings (SSSR count). The number of H-pyrrole nitrogens is 1. The van der Waals surface area contributed by atoms with Crippen molar-refractivity contribution in [2.75, 3.05) is 5.43 Å². The van der Waals surface area contributed by atoms with Gasteiger partial charge in [-0.2, -0.15) is 5.10 Å². The molecule has 2 N–H and O–H groups in total. The molecule has 0 bridgehead atoms. The van der Waals surface area contributed by atoms with E-state index in [0.717, 1.165) is 5.56 Å². The van der Waals surface area contributed by atoms with Crippen LogP contribution < -0.4 is 11.0 Å². The van der Waals surface area contributed by atoms with Crippen LogP contribution in [0.1, 0.15) is 12.5 Å². The lowest BCUT2D eigenvalue weighted by molar-refractivity contribution is -0.384. The summed E-state index contributed by atoms with van der Waals surface area (Å²) in [6.07, 6.45) is 0. The number of aromatic amines is 1. The predicted molar refractivity (Wildman–Crippen MR) is 99.2 cm³/mol. The van der Waals surface area contributed by atoms with E-state index in [1.54, 1.807) is 19.1 Å². The summed E-state index contributed by atoms with van der Waals surface area (Å²) < 4.78 is 0. The molecule has 0 saturated heterocycles. The minimum atomic E-state index is -0.460. The number of nitrogens with one attached hydrogen (secondary N) is 2. The summed E-state index contributed by atoms with van der Waals surface area (Å²) in [6.45, 7) is 1.74. The second kappa shape index (κ2) is 7.39. The number of nitrogens with zero attached hydrogens (tertiary/aromatic N) is 3. The van der Waals surface area contributed by atoms with Gasteiger partial charge in [0.25, 0.3) is 11.2 Å². The topological polar surface area (TPSA) is 113 Å². The number of nitro groups is 1. The zero-order chi connectivity index (χ0) is 18.5. The van der Waals surface area contributed by atoms with Crippen molar-refractivity contribution in [3.8, 4) is 11.3 Å². The number of hydrogen-bond acceptors (Lipinski definition) is 6. The third-order valence-electron chi connectivity index (χ3n) is 3.64. The molecule has 0 unspecified atom stereocenters. The summed E-state index contributed by atoms with van der Waals surface area (Å²) in [5, 5.41) is 14.9. The summed E-state index contributed by atoms with van der Waals surface area (Å²) in [4.78, 5) is 29.0. The highest BCUT2D eigenvalue weighted by Gasteiger charge is 2.06. The Bertz CT molecular complexity index is 1010. The number of benzene rings is 2. The predicted octanol–water partition coefficient (Wildman–Crippen LogP) is 3.18. The minimum absolute atomic E-state index is 0.0102. The summed E-state index contributed by atoms with van der Waals surface area (Å²) in [7, 11) is 0. The quantitative estimate of drug-likeness (QED) is 0.417. The van der Waals surface area contributed by atoms with E-state index < -0.39 is 4.92 Å². The molecule has 130 valence electrons. The summed E-state index contributed by atoms with van der Waals surface area (Å²) in [5.41, 5.74) is 5.08. The SMILES string of the molecule is CC(=NNc1nc(-c2ccccc2)cc(=O)[nH]1)c1ccc([N+](=O)[O-])cc1. The van der Waals surface area contributed by atoms with Gasteiger partial charge < -0.3 is 0 Å². The Morgan fingerprint density at radius 3 is 2.50 bits per heavy atom. The molecule has 0 aliphatic rings. The molecule has 0 amide bonds. The van der Waals surface area contributed by atoms with Gasteiger partial charge in [0.15, 0.2) is 0 Å². The molecule has 8 heteroatoms. The van der Waals surface area contributed by atoms with E-state index in [1.165, 1.54) is 18.2 Å². The van der Waals surface area contributed by atoms with Gasteiger partial charge in [0.1, 0.15) is 0 Å². The van der Waals surface area contributed by atoms with E-state index >= 15 is 0 Å². The van der Waals surface area contributed by atoms with Crippen LogP contribution in [0, 0.1) is 10.1 Å². The molecule has 26 heavy (non-hydrogen) atoms. The van der Waals surface area contributed by atoms with Gasteiger partial charge in [-0.3, -0.25) is 19.9 Å². The Kier molecular flexibility index (Phi) is 4.84. The van der Waals surface area contributed by atoms with E-state index in [1.807, 2.05) is 30.3 Å². The van der Waals surface area contributed by atoms with Crippen LogP contribution in [0.25, 0.3) is 11.3 Å². The highest BCUT2D eigenvalue weighted by atomic mass is 16.6. The maximum atomic E-state index is 11.9. The zero-order valence-electron chi connectivity index (χ0n) is 13.8. The Morgan fingerprint density at radius 1 is 1.15 bits per heavy atom. The largest absolute Gasteiger partial charge is 0.291 e. The number of non-ortho nitro benzene ring substituents is 1. The monoisotopic (exact) mass is 349 g/mol. The van der Waals surface area contributed by atoms with Gasteiger partial charge in [-0.1, -0.05) is 30.3 Å². The lowest BCUT2D eigenvalue weighted by atomic mass is 10.1. The molecule has 0 fully saturated rings. The molecule has 0 aliphatic carbocycles. The van der Waals surface area contributed by atoms with Crippen LogP contribution >= 0.6 is 0 Å². The molecule has 8 nitrogen and oxygen atoms in total. The maximum Gasteiger partial charge on any atom is 0.269 e. The standard InChI is InChI=1S/C18H15N5O3/c1-12(13-7-9-15(10-8-13)23(25)26)21-22-18-19-16(11-17(24)20-18)14-5-3-2-4-6-14/h2-11H,1H3,(H2,19,20,22,24). The van der Waals surface area contributed by atoms with E-state index in [2.05, 4.69) is 20.5 Å². The van der Waals surface area contributed by atoms with Gasteiger partial charge >= 0.3 is 0 Å². The average molecular weight is 349 g/mol. The molecule has 2 aromatic carbocycles. The van der Waals surface area contributed by atoms with Gasteiger partial charge in [-0.25, -0.2) is 10.4 Å². The van der Waals surface area contributed by atoms with E-state index in [4.69, 9.17) is 0 Å². The van der Waals surface area contributed by atoms with Crippen LogP contribution in [0.3, 0.4) is 0 Å². The van der Waals surface area contributed by atoms with Gasteiger partial charge in [-0.05, 0) is 24.6 Å². The highest BCUT2D eigenvalue weighted by molar-refractivity contribution is 5.99. The Labute approximate surface area is 148 Å². The molecule has 0 atom stereocenters. The zero-order valence-corrected chi connectivity index (χ0v) is 13.8. The van der Waals surface area contributed by atoms with Crippen LogP contribution in [0.2, 0.25) is 0 Å². The van der Waals surface area contributed by atoms with Crippen molar-refractivity contribution in [3.63, 3.8) is 0 Å². The lowest BCUT2D eigenvalue weighted by Gasteiger charge is -2.05. The van der Waals surface area contributed by atoms with E-state index in [0.29, 0.717) is 17.0 Å². The van der Waals surface area contributed by atoms with E-state index in [-0.39, 0.29) is 17.2 Å².